The highest BCUT2D eigenvalue weighted by Gasteiger charge is 2.15. The van der Waals surface area contributed by atoms with Gasteiger partial charge >= 0.3 is 0 Å². The maximum atomic E-state index is 12.4. The summed E-state index contributed by atoms with van der Waals surface area (Å²) in [7, 11) is -3.21. The van der Waals surface area contributed by atoms with Gasteiger partial charge in [-0.05, 0) is 47.1 Å². The van der Waals surface area contributed by atoms with E-state index >= 15 is 0 Å². The van der Waals surface area contributed by atoms with Gasteiger partial charge in [0.2, 0.25) is 5.91 Å². The van der Waals surface area contributed by atoms with Crippen molar-refractivity contribution in [1.82, 2.24) is 5.32 Å². The summed E-state index contributed by atoms with van der Waals surface area (Å²) in [6.07, 6.45) is 3.05. The first-order valence-corrected chi connectivity index (χ1v) is 11.6. The Morgan fingerprint density at radius 2 is 1.57 bits per heavy atom. The maximum Gasteiger partial charge on any atom is 0.220 e. The number of aryl methyl sites for hydroxylation is 1. The molecule has 0 aliphatic carbocycles. The monoisotopic (exact) mass is 401 g/mol. The summed E-state index contributed by atoms with van der Waals surface area (Å²) in [5.74, 6) is -0.000984. The first kappa shape index (κ1) is 22.2. The van der Waals surface area contributed by atoms with E-state index < -0.39 is 9.84 Å². The van der Waals surface area contributed by atoms with Crippen LogP contribution in [0.25, 0.3) is 0 Å². The Labute approximate surface area is 169 Å². The van der Waals surface area contributed by atoms with Gasteiger partial charge in [0.25, 0.3) is 0 Å². The molecule has 2 aromatic rings. The highest BCUT2D eigenvalue weighted by Crippen LogP contribution is 2.23. The van der Waals surface area contributed by atoms with Crippen LogP contribution in [-0.4, -0.2) is 20.6 Å². The van der Waals surface area contributed by atoms with Crippen molar-refractivity contribution < 1.29 is 13.2 Å². The first-order valence-electron chi connectivity index (χ1n) is 9.69. The molecule has 0 saturated carbocycles. The lowest BCUT2D eigenvalue weighted by Gasteiger charge is -2.19. The zero-order chi connectivity index (χ0) is 20.9. The average Bonchev–Trinajstić information content (AvgIpc) is 2.63. The van der Waals surface area contributed by atoms with Crippen molar-refractivity contribution in [2.45, 2.75) is 63.3 Å². The van der Waals surface area contributed by atoms with Crippen molar-refractivity contribution in [1.29, 1.82) is 0 Å². The first-order chi connectivity index (χ1) is 13.0. The van der Waals surface area contributed by atoms with Gasteiger partial charge in [-0.15, -0.1) is 0 Å². The number of carbonyl (C=O) groups is 1. The molecule has 4 nitrogen and oxygen atoms in total. The molecule has 0 aromatic heterocycles. The molecule has 0 aliphatic heterocycles. The molecule has 2 rings (SSSR count). The quantitative estimate of drug-likeness (QED) is 0.738. The fraction of sp³-hybridized carbons (Fsp3) is 0.435. The second-order valence-electron chi connectivity index (χ2n) is 8.32. The van der Waals surface area contributed by atoms with Gasteiger partial charge in [-0.3, -0.25) is 4.79 Å². The number of hydrogen-bond donors (Lipinski definition) is 1. The molecule has 0 radical (unpaired) electrons. The van der Waals surface area contributed by atoms with Gasteiger partial charge in [0.1, 0.15) is 0 Å². The maximum absolute atomic E-state index is 12.4. The van der Waals surface area contributed by atoms with Crippen LogP contribution in [-0.2, 0) is 26.5 Å². The highest BCUT2D eigenvalue weighted by molar-refractivity contribution is 7.90. The molecule has 0 aliphatic rings. The summed E-state index contributed by atoms with van der Waals surface area (Å²) in [5.41, 5.74) is 3.47. The van der Waals surface area contributed by atoms with Crippen molar-refractivity contribution in [3.05, 3.63) is 65.2 Å². The van der Waals surface area contributed by atoms with Crippen molar-refractivity contribution in [3.63, 3.8) is 0 Å². The van der Waals surface area contributed by atoms with Gasteiger partial charge in [0, 0.05) is 12.7 Å². The van der Waals surface area contributed by atoms with Gasteiger partial charge in [-0.1, -0.05) is 64.1 Å². The van der Waals surface area contributed by atoms with Crippen LogP contribution in [0.2, 0.25) is 0 Å². The fourth-order valence-electron chi connectivity index (χ4n) is 3.06. The smallest absolute Gasteiger partial charge is 0.220 e. The van der Waals surface area contributed by atoms with Gasteiger partial charge < -0.3 is 5.32 Å². The van der Waals surface area contributed by atoms with Crippen molar-refractivity contribution in [2.75, 3.05) is 6.26 Å². The van der Waals surface area contributed by atoms with Crippen LogP contribution in [0.5, 0.6) is 0 Å². The number of benzene rings is 2. The number of rotatable bonds is 7. The number of amides is 1. The summed E-state index contributed by atoms with van der Waals surface area (Å²) in [6.45, 7) is 8.55. The van der Waals surface area contributed by atoms with Crippen LogP contribution in [0, 0.1) is 0 Å². The molecule has 5 heteroatoms. The molecule has 1 N–H and O–H groups in total. The van der Waals surface area contributed by atoms with Gasteiger partial charge in [-0.25, -0.2) is 8.42 Å². The van der Waals surface area contributed by atoms with Crippen LogP contribution in [0.1, 0.15) is 63.3 Å². The molecule has 2 aromatic carbocycles. The lowest BCUT2D eigenvalue weighted by atomic mass is 9.86. The van der Waals surface area contributed by atoms with E-state index in [1.54, 1.807) is 24.3 Å². The molecule has 0 spiro atoms. The summed E-state index contributed by atoms with van der Waals surface area (Å²) in [5, 5.41) is 3.06. The van der Waals surface area contributed by atoms with Crippen LogP contribution < -0.4 is 5.32 Å². The molecule has 0 saturated heterocycles. The second kappa shape index (κ2) is 8.91. The summed E-state index contributed by atoms with van der Waals surface area (Å²) in [6, 6.07) is 15.1. The summed E-state index contributed by atoms with van der Waals surface area (Å²) in [4.78, 5) is 12.7. The zero-order valence-corrected chi connectivity index (χ0v) is 18.3. The van der Waals surface area contributed by atoms with Crippen molar-refractivity contribution >= 4 is 15.7 Å². The average molecular weight is 402 g/mol. The lowest BCUT2D eigenvalue weighted by molar-refractivity contribution is -0.121. The molecule has 1 amide bonds. The number of carbonyl (C=O) groups excluding carboxylic acids is 1. The second-order valence-corrected chi connectivity index (χ2v) is 10.3. The Hall–Kier alpha value is -2.14. The summed E-state index contributed by atoms with van der Waals surface area (Å²) >= 11 is 0. The summed E-state index contributed by atoms with van der Waals surface area (Å²) < 4.78 is 23.2. The Balaban J connectivity index is 1.95. The normalized spacial score (nSPS) is 13.2. The van der Waals surface area contributed by atoms with E-state index in [0.29, 0.717) is 12.8 Å². The van der Waals surface area contributed by atoms with Crippen molar-refractivity contribution in [2.24, 2.45) is 0 Å². The van der Waals surface area contributed by atoms with E-state index in [-0.39, 0.29) is 22.3 Å². The molecular formula is C23H31NO3S. The number of nitrogens with one attached hydrogen (secondary N) is 1. The minimum absolute atomic E-state index is 0.000984. The molecule has 0 unspecified atom stereocenters. The van der Waals surface area contributed by atoms with E-state index in [4.69, 9.17) is 0 Å². The van der Waals surface area contributed by atoms with Crippen LogP contribution in [0.3, 0.4) is 0 Å². The van der Waals surface area contributed by atoms with Crippen LogP contribution in [0.4, 0.5) is 0 Å². The predicted molar refractivity (Wildman–Crippen MR) is 114 cm³/mol. The van der Waals surface area contributed by atoms with Gasteiger partial charge in [0.15, 0.2) is 9.84 Å². The Morgan fingerprint density at radius 3 is 2.04 bits per heavy atom. The van der Waals surface area contributed by atoms with E-state index in [1.807, 2.05) is 6.92 Å². The minimum atomic E-state index is -3.21. The Bertz CT molecular complexity index is 892. The third-order valence-corrected chi connectivity index (χ3v) is 6.04. The third-order valence-electron chi connectivity index (χ3n) is 4.91. The number of sulfone groups is 1. The predicted octanol–water partition coefficient (Wildman–Crippen LogP) is 4.59. The van der Waals surface area contributed by atoms with E-state index in [9.17, 15) is 13.2 Å². The topological polar surface area (TPSA) is 63.2 Å². The molecule has 1 atom stereocenters. The third kappa shape index (κ3) is 6.20. The Kier molecular flexibility index (Phi) is 7.05. The zero-order valence-electron chi connectivity index (χ0n) is 17.5. The highest BCUT2D eigenvalue weighted by atomic mass is 32.2. The van der Waals surface area contributed by atoms with Gasteiger partial charge in [-0.2, -0.15) is 0 Å². The van der Waals surface area contributed by atoms with E-state index in [0.717, 1.165) is 17.5 Å². The molecule has 0 bridgehead atoms. The molecule has 0 heterocycles. The van der Waals surface area contributed by atoms with Gasteiger partial charge in [0.05, 0.1) is 10.9 Å². The molecule has 28 heavy (non-hydrogen) atoms. The Morgan fingerprint density at radius 1 is 1.00 bits per heavy atom. The van der Waals surface area contributed by atoms with Crippen LogP contribution in [0.15, 0.2) is 53.4 Å². The number of hydrogen-bond acceptors (Lipinski definition) is 3. The largest absolute Gasteiger partial charge is 0.349 e. The molecule has 0 fully saturated rings. The van der Waals surface area contributed by atoms with E-state index in [1.165, 1.54) is 11.8 Å². The van der Waals surface area contributed by atoms with Crippen molar-refractivity contribution in [3.8, 4) is 0 Å². The molecular weight excluding hydrogens is 370 g/mol. The molecule has 152 valence electrons. The fourth-order valence-corrected chi connectivity index (χ4v) is 3.69. The minimum Gasteiger partial charge on any atom is -0.349 e. The van der Waals surface area contributed by atoms with Crippen LogP contribution >= 0.6 is 0 Å². The van der Waals surface area contributed by atoms with E-state index in [2.05, 4.69) is 50.4 Å². The lowest BCUT2D eigenvalue weighted by Crippen LogP contribution is -2.28. The SMILES string of the molecule is CC[C@H](NC(=O)CCc1ccc(C(C)(C)C)cc1)c1ccc(S(C)(=O)=O)cc1. The standard InChI is InChI=1S/C23H31NO3S/c1-6-21(18-10-14-20(15-11-18)28(5,26)27)24-22(25)16-9-17-7-12-19(13-8-17)23(2,3)4/h7-8,10-15,21H,6,9,16H2,1-5H3,(H,24,25)/t21-/m0/s1.